The van der Waals surface area contributed by atoms with Crippen molar-refractivity contribution >= 4 is 44.3 Å². The van der Waals surface area contributed by atoms with E-state index in [2.05, 4.69) is 20.9 Å². The number of H-pyrrole nitrogens is 1. The smallest absolute Gasteiger partial charge is 0.227 e. The van der Waals surface area contributed by atoms with Crippen LogP contribution in [-0.2, 0) is 16.0 Å². The summed E-state index contributed by atoms with van der Waals surface area (Å²) in [5, 5.41) is 1.73. The fraction of sp³-hybridized carbons (Fsp3) is 0.250. The van der Waals surface area contributed by atoms with Gasteiger partial charge in [-0.3, -0.25) is 4.79 Å². The van der Waals surface area contributed by atoms with Crippen LogP contribution in [0.4, 0.5) is 0 Å². The van der Waals surface area contributed by atoms with Gasteiger partial charge in [0.25, 0.3) is 0 Å². The lowest BCUT2D eigenvalue weighted by atomic mass is 10.1. The molecule has 1 amide bonds. The van der Waals surface area contributed by atoms with E-state index >= 15 is 0 Å². The molecule has 2 heterocycles. The largest absolute Gasteiger partial charge is 0.370 e. The Morgan fingerprint density at radius 1 is 1.27 bits per heavy atom. The van der Waals surface area contributed by atoms with E-state index in [9.17, 15) is 4.79 Å². The van der Waals surface area contributed by atoms with E-state index in [1.807, 2.05) is 53.6 Å². The van der Waals surface area contributed by atoms with E-state index in [4.69, 9.17) is 16.3 Å². The van der Waals surface area contributed by atoms with Crippen molar-refractivity contribution in [2.75, 3.05) is 19.7 Å². The standard InChI is InChI=1S/C20H18BrClN2O2/c21-15-3-1-13(2-4-15)19-12-24(7-8-26-19)20(25)9-14-11-23-18-10-16(22)5-6-17(14)18/h1-6,10-11,19,23H,7-9,12H2. The Labute approximate surface area is 165 Å². The predicted octanol–water partition coefficient (Wildman–Crippen LogP) is 4.73. The molecule has 1 saturated heterocycles. The number of hydrogen-bond donors (Lipinski definition) is 1. The summed E-state index contributed by atoms with van der Waals surface area (Å²) in [5.74, 6) is 0.117. The first-order chi connectivity index (χ1) is 12.6. The molecule has 0 saturated carbocycles. The molecule has 1 aliphatic heterocycles. The zero-order valence-electron chi connectivity index (χ0n) is 14.0. The zero-order valence-corrected chi connectivity index (χ0v) is 16.4. The highest BCUT2D eigenvalue weighted by Gasteiger charge is 2.25. The highest BCUT2D eigenvalue weighted by Crippen LogP contribution is 2.26. The molecular formula is C20H18BrClN2O2. The molecule has 4 rings (SSSR count). The summed E-state index contributed by atoms with van der Waals surface area (Å²) in [7, 11) is 0. The topological polar surface area (TPSA) is 45.3 Å². The Morgan fingerprint density at radius 3 is 2.88 bits per heavy atom. The van der Waals surface area contributed by atoms with Crippen LogP contribution in [0.25, 0.3) is 10.9 Å². The number of nitrogens with zero attached hydrogens (tertiary/aromatic N) is 1. The summed E-state index contributed by atoms with van der Waals surface area (Å²) in [4.78, 5) is 17.9. The number of amides is 1. The van der Waals surface area contributed by atoms with Crippen molar-refractivity contribution in [3.8, 4) is 0 Å². The molecule has 26 heavy (non-hydrogen) atoms. The molecule has 1 N–H and O–H groups in total. The highest BCUT2D eigenvalue weighted by molar-refractivity contribution is 9.10. The van der Waals surface area contributed by atoms with E-state index in [-0.39, 0.29) is 12.0 Å². The van der Waals surface area contributed by atoms with Crippen LogP contribution in [0.5, 0.6) is 0 Å². The van der Waals surface area contributed by atoms with E-state index in [0.29, 0.717) is 31.1 Å². The number of hydrogen-bond acceptors (Lipinski definition) is 2. The molecule has 0 aliphatic carbocycles. The molecule has 1 fully saturated rings. The monoisotopic (exact) mass is 432 g/mol. The average Bonchev–Trinajstić information content (AvgIpc) is 3.04. The maximum absolute atomic E-state index is 12.8. The third-order valence-electron chi connectivity index (χ3n) is 4.73. The van der Waals surface area contributed by atoms with Gasteiger partial charge in [0, 0.05) is 33.1 Å². The molecule has 1 aromatic heterocycles. The molecule has 1 unspecified atom stereocenters. The van der Waals surface area contributed by atoms with Gasteiger partial charge in [-0.25, -0.2) is 0 Å². The lowest BCUT2D eigenvalue weighted by molar-refractivity contribution is -0.138. The number of benzene rings is 2. The van der Waals surface area contributed by atoms with Crippen LogP contribution in [0.15, 0.2) is 53.1 Å². The van der Waals surface area contributed by atoms with Gasteiger partial charge in [0.2, 0.25) is 5.91 Å². The van der Waals surface area contributed by atoms with Crippen molar-refractivity contribution in [3.05, 3.63) is 69.3 Å². The van der Waals surface area contributed by atoms with E-state index in [1.165, 1.54) is 0 Å². The van der Waals surface area contributed by atoms with E-state index in [1.54, 1.807) is 0 Å². The quantitative estimate of drug-likeness (QED) is 0.649. The minimum Gasteiger partial charge on any atom is -0.370 e. The number of fused-ring (bicyclic) bond motifs is 1. The summed E-state index contributed by atoms with van der Waals surface area (Å²) in [6, 6.07) is 13.7. The fourth-order valence-corrected chi connectivity index (χ4v) is 3.77. The van der Waals surface area contributed by atoms with Gasteiger partial charge in [-0.1, -0.05) is 45.7 Å². The van der Waals surface area contributed by atoms with Gasteiger partial charge in [0.15, 0.2) is 0 Å². The molecule has 1 aliphatic rings. The van der Waals surface area contributed by atoms with E-state index in [0.717, 1.165) is 26.5 Å². The number of rotatable bonds is 3. The first-order valence-electron chi connectivity index (χ1n) is 8.50. The van der Waals surface area contributed by atoms with Crippen LogP contribution in [0.3, 0.4) is 0 Å². The molecule has 0 spiro atoms. The van der Waals surface area contributed by atoms with E-state index < -0.39 is 0 Å². The van der Waals surface area contributed by atoms with Crippen LogP contribution in [0.2, 0.25) is 5.02 Å². The van der Waals surface area contributed by atoms with Gasteiger partial charge in [-0.05, 0) is 35.4 Å². The summed E-state index contributed by atoms with van der Waals surface area (Å²) in [6.45, 7) is 1.75. The molecule has 3 aromatic rings. The third-order valence-corrected chi connectivity index (χ3v) is 5.50. The number of aromatic amines is 1. The van der Waals surface area contributed by atoms with Crippen molar-refractivity contribution < 1.29 is 9.53 Å². The molecule has 0 radical (unpaired) electrons. The maximum Gasteiger partial charge on any atom is 0.227 e. The van der Waals surface area contributed by atoms with Crippen molar-refractivity contribution in [1.29, 1.82) is 0 Å². The highest BCUT2D eigenvalue weighted by atomic mass is 79.9. The number of aromatic nitrogens is 1. The molecule has 4 nitrogen and oxygen atoms in total. The summed E-state index contributed by atoms with van der Waals surface area (Å²) in [5.41, 5.74) is 3.04. The Balaban J connectivity index is 1.47. The second kappa shape index (κ2) is 7.43. The van der Waals surface area contributed by atoms with Crippen LogP contribution in [0, 0.1) is 0 Å². The van der Waals surface area contributed by atoms with Gasteiger partial charge in [-0.15, -0.1) is 0 Å². The summed E-state index contributed by atoms with van der Waals surface area (Å²) >= 11 is 9.47. The number of ether oxygens (including phenoxy) is 1. The molecule has 2 aromatic carbocycles. The minimum atomic E-state index is -0.0809. The fourth-order valence-electron chi connectivity index (χ4n) is 3.33. The predicted molar refractivity (Wildman–Crippen MR) is 106 cm³/mol. The second-order valence-corrected chi connectivity index (χ2v) is 7.78. The SMILES string of the molecule is O=C(Cc1c[nH]c2cc(Cl)ccc12)N1CCOC(c2ccc(Br)cc2)C1. The minimum absolute atomic E-state index is 0.0809. The van der Waals surface area contributed by atoms with Crippen LogP contribution < -0.4 is 0 Å². The third kappa shape index (κ3) is 3.65. The van der Waals surface area contributed by atoms with Gasteiger partial charge >= 0.3 is 0 Å². The Morgan fingerprint density at radius 2 is 2.08 bits per heavy atom. The Bertz CT molecular complexity index is 939. The van der Waals surface area contributed by atoms with Gasteiger partial charge < -0.3 is 14.6 Å². The molecule has 1 atom stereocenters. The molecule has 0 bridgehead atoms. The first-order valence-corrected chi connectivity index (χ1v) is 9.67. The second-order valence-electron chi connectivity index (χ2n) is 6.43. The Kier molecular flexibility index (Phi) is 5.02. The maximum atomic E-state index is 12.8. The normalized spacial score (nSPS) is 17.6. The average molecular weight is 434 g/mol. The molecule has 134 valence electrons. The number of carbonyl (C=O) groups excluding carboxylic acids is 1. The number of morpholine rings is 1. The van der Waals surface area contributed by atoms with Crippen LogP contribution in [-0.4, -0.2) is 35.5 Å². The van der Waals surface area contributed by atoms with Gasteiger partial charge in [0.1, 0.15) is 6.10 Å². The van der Waals surface area contributed by atoms with Crippen LogP contribution in [0.1, 0.15) is 17.2 Å². The lowest BCUT2D eigenvalue weighted by Gasteiger charge is -2.33. The van der Waals surface area contributed by atoms with Crippen molar-refractivity contribution in [2.24, 2.45) is 0 Å². The Hall–Kier alpha value is -1.82. The molecular weight excluding hydrogens is 416 g/mol. The number of carbonyl (C=O) groups is 1. The summed E-state index contributed by atoms with van der Waals surface area (Å²) in [6.07, 6.45) is 2.18. The van der Waals surface area contributed by atoms with Crippen molar-refractivity contribution in [3.63, 3.8) is 0 Å². The first kappa shape index (κ1) is 17.6. The van der Waals surface area contributed by atoms with Gasteiger partial charge in [0.05, 0.1) is 19.6 Å². The number of halogens is 2. The van der Waals surface area contributed by atoms with Gasteiger partial charge in [-0.2, -0.15) is 0 Å². The summed E-state index contributed by atoms with van der Waals surface area (Å²) < 4.78 is 6.90. The molecule has 6 heteroatoms. The lowest BCUT2D eigenvalue weighted by Crippen LogP contribution is -2.42. The van der Waals surface area contributed by atoms with Crippen LogP contribution >= 0.6 is 27.5 Å². The van der Waals surface area contributed by atoms with Crippen molar-refractivity contribution in [2.45, 2.75) is 12.5 Å². The van der Waals surface area contributed by atoms with Crippen molar-refractivity contribution in [1.82, 2.24) is 9.88 Å². The number of nitrogens with one attached hydrogen (secondary N) is 1. The zero-order chi connectivity index (χ0) is 18.1.